The van der Waals surface area contributed by atoms with Crippen LogP contribution in [-0.4, -0.2) is 40.0 Å². The highest BCUT2D eigenvalue weighted by Crippen LogP contribution is 2.28. The fourth-order valence-electron chi connectivity index (χ4n) is 1.94. The van der Waals surface area contributed by atoms with E-state index in [4.69, 9.17) is 21.1 Å². The molecule has 0 bridgehead atoms. The van der Waals surface area contributed by atoms with Gasteiger partial charge in [-0.3, -0.25) is 9.59 Å². The van der Waals surface area contributed by atoms with Crippen molar-refractivity contribution >= 4 is 35.2 Å². The molecule has 0 unspecified atom stereocenters. The molecule has 2 aromatic rings. The van der Waals surface area contributed by atoms with Crippen molar-refractivity contribution in [2.75, 3.05) is 18.1 Å². The molecule has 0 saturated carbocycles. The minimum atomic E-state index is -0.857. The molecule has 0 fully saturated rings. The molecule has 24 heavy (non-hydrogen) atoms. The highest BCUT2D eigenvalue weighted by molar-refractivity contribution is 7.99. The van der Waals surface area contributed by atoms with Crippen LogP contribution in [0, 0.1) is 0 Å². The summed E-state index contributed by atoms with van der Waals surface area (Å²) in [5.74, 6) is 0.666. The van der Waals surface area contributed by atoms with Crippen molar-refractivity contribution in [3.8, 4) is 11.3 Å². The summed E-state index contributed by atoms with van der Waals surface area (Å²) >= 11 is 7.37. The van der Waals surface area contributed by atoms with Crippen LogP contribution in [0.15, 0.2) is 34.9 Å². The maximum absolute atomic E-state index is 11.7. The number of nitrogens with zero attached hydrogens (tertiary/aromatic N) is 1. The number of aromatic nitrogens is 1. The molecule has 0 aliphatic rings. The number of nitrogens with one attached hydrogen (secondary N) is 1. The molecule has 8 heteroatoms. The van der Waals surface area contributed by atoms with Crippen LogP contribution in [0.5, 0.6) is 0 Å². The molecule has 0 spiro atoms. The molecule has 2 N–H and O–H groups in total. The van der Waals surface area contributed by atoms with Crippen LogP contribution in [-0.2, 0) is 16.0 Å². The molecule has 128 valence electrons. The first-order chi connectivity index (χ1) is 11.6. The average Bonchev–Trinajstić information content (AvgIpc) is 3.01. The Morgan fingerprint density at radius 2 is 2.12 bits per heavy atom. The summed E-state index contributed by atoms with van der Waals surface area (Å²) < 4.78 is 5.63. The number of aryl methyl sites for hydroxylation is 1. The van der Waals surface area contributed by atoms with Crippen molar-refractivity contribution in [2.24, 2.45) is 0 Å². The third-order valence-corrected chi connectivity index (χ3v) is 4.33. The number of halogens is 1. The van der Waals surface area contributed by atoms with Crippen molar-refractivity contribution in [3.63, 3.8) is 0 Å². The molecule has 1 amide bonds. The van der Waals surface area contributed by atoms with E-state index in [1.165, 1.54) is 11.8 Å². The number of carboxylic acids is 1. The highest BCUT2D eigenvalue weighted by Gasteiger charge is 2.11. The number of hydrogen-bond acceptors (Lipinski definition) is 5. The van der Waals surface area contributed by atoms with Gasteiger partial charge >= 0.3 is 5.97 Å². The molecule has 0 saturated heterocycles. The van der Waals surface area contributed by atoms with E-state index in [1.807, 2.05) is 18.2 Å². The van der Waals surface area contributed by atoms with Crippen molar-refractivity contribution in [3.05, 3.63) is 41.4 Å². The number of carbonyl (C=O) groups excluding carboxylic acids is 1. The summed E-state index contributed by atoms with van der Waals surface area (Å²) in [5, 5.41) is 11.8. The Bertz CT molecular complexity index is 705. The summed E-state index contributed by atoms with van der Waals surface area (Å²) in [7, 11) is 0. The van der Waals surface area contributed by atoms with Gasteiger partial charge in [-0.15, -0.1) is 11.8 Å². The van der Waals surface area contributed by atoms with Gasteiger partial charge in [0.1, 0.15) is 0 Å². The lowest BCUT2D eigenvalue weighted by Crippen LogP contribution is -2.26. The molecule has 1 aromatic heterocycles. The number of carboxylic acid groups (broad SMARTS) is 1. The molecule has 1 heterocycles. The number of hydrogen-bond donors (Lipinski definition) is 2. The maximum Gasteiger partial charge on any atom is 0.313 e. The van der Waals surface area contributed by atoms with Gasteiger partial charge in [-0.25, -0.2) is 4.98 Å². The Hall–Kier alpha value is -1.99. The zero-order valence-corrected chi connectivity index (χ0v) is 14.4. The van der Waals surface area contributed by atoms with E-state index in [-0.39, 0.29) is 18.1 Å². The standard InChI is InChI=1S/C16H17ClN2O4S/c17-12-4-2-1-3-11(12)13-9-19-15(23-13)6-5-14(20)18-7-8-24-10-16(21)22/h1-4,9H,5-8,10H2,(H,18,20)(H,21,22). The van der Waals surface area contributed by atoms with Crippen molar-refractivity contribution in [2.45, 2.75) is 12.8 Å². The van der Waals surface area contributed by atoms with Crippen LogP contribution in [0.25, 0.3) is 11.3 Å². The minimum absolute atomic E-state index is 0.0387. The van der Waals surface area contributed by atoms with Crippen LogP contribution in [0.1, 0.15) is 12.3 Å². The van der Waals surface area contributed by atoms with E-state index in [1.54, 1.807) is 12.3 Å². The molecule has 0 aliphatic heterocycles. The van der Waals surface area contributed by atoms with E-state index < -0.39 is 5.97 Å². The number of thioether (sulfide) groups is 1. The average molecular weight is 369 g/mol. The lowest BCUT2D eigenvalue weighted by Gasteiger charge is -2.03. The smallest absolute Gasteiger partial charge is 0.313 e. The Morgan fingerprint density at radius 3 is 2.88 bits per heavy atom. The van der Waals surface area contributed by atoms with E-state index >= 15 is 0 Å². The first-order valence-corrected chi connectivity index (χ1v) is 8.85. The van der Waals surface area contributed by atoms with Gasteiger partial charge in [-0.2, -0.15) is 0 Å². The van der Waals surface area contributed by atoms with Crippen LogP contribution in [0.3, 0.4) is 0 Å². The first-order valence-electron chi connectivity index (χ1n) is 7.32. The number of aliphatic carboxylic acids is 1. The van der Waals surface area contributed by atoms with Gasteiger partial charge in [0.25, 0.3) is 0 Å². The molecule has 2 rings (SSSR count). The monoisotopic (exact) mass is 368 g/mol. The Balaban J connectivity index is 1.74. The third kappa shape index (κ3) is 5.90. The minimum Gasteiger partial charge on any atom is -0.481 e. The van der Waals surface area contributed by atoms with E-state index in [0.717, 1.165) is 5.56 Å². The third-order valence-electron chi connectivity index (χ3n) is 3.05. The second kappa shape index (κ2) is 9.34. The van der Waals surface area contributed by atoms with E-state index in [0.29, 0.717) is 35.4 Å². The van der Waals surface area contributed by atoms with Gasteiger partial charge in [-0.05, 0) is 12.1 Å². The SMILES string of the molecule is O=C(O)CSCCNC(=O)CCc1ncc(-c2ccccc2Cl)o1. The molecule has 0 aliphatic carbocycles. The predicted octanol–water partition coefficient (Wildman–Crippen LogP) is 2.86. The van der Waals surface area contributed by atoms with Crippen LogP contribution >= 0.6 is 23.4 Å². The quantitative estimate of drug-likeness (QED) is 0.661. The lowest BCUT2D eigenvalue weighted by atomic mass is 10.2. The molecule has 6 nitrogen and oxygen atoms in total. The Kier molecular flexibility index (Phi) is 7.14. The van der Waals surface area contributed by atoms with E-state index in [2.05, 4.69) is 10.3 Å². The Labute approximate surface area is 148 Å². The summed E-state index contributed by atoms with van der Waals surface area (Å²) in [5.41, 5.74) is 0.762. The zero-order valence-electron chi connectivity index (χ0n) is 12.8. The molecule has 1 aromatic carbocycles. The van der Waals surface area contributed by atoms with Gasteiger partial charge in [0, 0.05) is 30.7 Å². The number of oxazole rings is 1. The lowest BCUT2D eigenvalue weighted by molar-refractivity contribution is -0.133. The number of amides is 1. The summed E-state index contributed by atoms with van der Waals surface area (Å²) in [6.45, 7) is 0.438. The molecular weight excluding hydrogens is 352 g/mol. The largest absolute Gasteiger partial charge is 0.481 e. The van der Waals surface area contributed by atoms with Gasteiger partial charge in [0.2, 0.25) is 5.91 Å². The van der Waals surface area contributed by atoms with Crippen LogP contribution in [0.4, 0.5) is 0 Å². The van der Waals surface area contributed by atoms with Gasteiger partial charge in [0.15, 0.2) is 11.7 Å². The van der Waals surface area contributed by atoms with Crippen LogP contribution < -0.4 is 5.32 Å². The topological polar surface area (TPSA) is 92.4 Å². The van der Waals surface area contributed by atoms with Crippen molar-refractivity contribution < 1.29 is 19.1 Å². The van der Waals surface area contributed by atoms with E-state index in [9.17, 15) is 9.59 Å². The maximum atomic E-state index is 11.7. The molecular formula is C16H17ClN2O4S. The second-order valence-corrected chi connectivity index (χ2v) is 6.41. The number of rotatable bonds is 9. The second-order valence-electron chi connectivity index (χ2n) is 4.89. The summed E-state index contributed by atoms with van der Waals surface area (Å²) in [6, 6.07) is 7.31. The Morgan fingerprint density at radius 1 is 1.33 bits per heavy atom. The summed E-state index contributed by atoms with van der Waals surface area (Å²) in [4.78, 5) is 26.2. The molecule has 0 atom stereocenters. The summed E-state index contributed by atoms with van der Waals surface area (Å²) in [6.07, 6.45) is 2.24. The van der Waals surface area contributed by atoms with Gasteiger partial charge in [-0.1, -0.05) is 23.7 Å². The predicted molar refractivity (Wildman–Crippen MR) is 93.2 cm³/mol. The van der Waals surface area contributed by atoms with Gasteiger partial charge < -0.3 is 14.8 Å². The first kappa shape index (κ1) is 18.4. The fourth-order valence-corrected chi connectivity index (χ4v) is 2.74. The van der Waals surface area contributed by atoms with Gasteiger partial charge in [0.05, 0.1) is 17.0 Å². The number of benzene rings is 1. The fraction of sp³-hybridized carbons (Fsp3) is 0.312. The van der Waals surface area contributed by atoms with Crippen molar-refractivity contribution in [1.82, 2.24) is 10.3 Å². The van der Waals surface area contributed by atoms with Crippen molar-refractivity contribution in [1.29, 1.82) is 0 Å². The normalized spacial score (nSPS) is 10.5. The zero-order chi connectivity index (χ0) is 17.4. The van der Waals surface area contributed by atoms with Crippen LogP contribution in [0.2, 0.25) is 5.02 Å². The number of carbonyl (C=O) groups is 2. The molecule has 0 radical (unpaired) electrons. The highest BCUT2D eigenvalue weighted by atomic mass is 35.5.